The molecule has 234 valence electrons. The highest BCUT2D eigenvalue weighted by molar-refractivity contribution is 7.89. The van der Waals surface area contributed by atoms with Crippen LogP contribution in [0.4, 0.5) is 9.59 Å². The molecule has 0 aliphatic heterocycles. The van der Waals surface area contributed by atoms with Gasteiger partial charge in [-0.1, -0.05) is 44.2 Å². The summed E-state index contributed by atoms with van der Waals surface area (Å²) in [4.78, 5) is 24.3. The Morgan fingerprint density at radius 2 is 1.60 bits per heavy atom. The quantitative estimate of drug-likeness (QED) is 0.293. The summed E-state index contributed by atoms with van der Waals surface area (Å²) < 4.78 is 44.8. The Balaban J connectivity index is 2.39. The first kappa shape index (κ1) is 34.8. The summed E-state index contributed by atoms with van der Waals surface area (Å²) in [6.07, 6.45) is -2.02. The van der Waals surface area contributed by atoms with Crippen molar-refractivity contribution in [3.8, 4) is 5.75 Å². The van der Waals surface area contributed by atoms with Crippen LogP contribution in [-0.2, 0) is 25.9 Å². The van der Waals surface area contributed by atoms with E-state index in [9.17, 15) is 23.1 Å². The molecule has 2 rings (SSSR count). The van der Waals surface area contributed by atoms with Gasteiger partial charge in [0.15, 0.2) is 0 Å². The van der Waals surface area contributed by atoms with Crippen LogP contribution in [0.25, 0.3) is 0 Å². The molecule has 11 nitrogen and oxygen atoms in total. The van der Waals surface area contributed by atoms with Crippen molar-refractivity contribution < 1.29 is 37.3 Å². The molecule has 0 aromatic heterocycles. The van der Waals surface area contributed by atoms with Crippen LogP contribution in [-0.4, -0.2) is 81.6 Å². The number of rotatable bonds is 14. The first-order valence-electron chi connectivity index (χ1n) is 13.8. The maximum atomic E-state index is 13.9. The average Bonchev–Trinajstić information content (AvgIpc) is 2.91. The van der Waals surface area contributed by atoms with Gasteiger partial charge in [-0.15, -0.1) is 0 Å². The molecule has 0 bridgehead atoms. The third-order valence-electron chi connectivity index (χ3n) is 6.37. The zero-order valence-corrected chi connectivity index (χ0v) is 26.4. The number of alkyl carbamates (subject to hydrolysis) is 2. The SMILES string of the molecule is CNC(=O)OCCC(C)(C)CN(CC(O)[C@H](Cc1ccccc1)NC(=O)OC(C)(C)C)S(=O)(=O)c1ccc(OC)cc1. The van der Waals surface area contributed by atoms with E-state index in [2.05, 4.69) is 10.6 Å². The highest BCUT2D eigenvalue weighted by Crippen LogP contribution is 2.28. The predicted molar refractivity (Wildman–Crippen MR) is 160 cm³/mol. The number of hydrogen-bond donors (Lipinski definition) is 3. The number of hydrogen-bond acceptors (Lipinski definition) is 8. The van der Waals surface area contributed by atoms with Crippen molar-refractivity contribution in [1.29, 1.82) is 0 Å². The molecule has 2 aromatic carbocycles. The van der Waals surface area contributed by atoms with Crippen molar-refractivity contribution in [1.82, 2.24) is 14.9 Å². The minimum atomic E-state index is -4.11. The van der Waals surface area contributed by atoms with Gasteiger partial charge < -0.3 is 30.0 Å². The second-order valence-electron chi connectivity index (χ2n) is 11.8. The van der Waals surface area contributed by atoms with Crippen molar-refractivity contribution in [2.24, 2.45) is 5.41 Å². The molecule has 3 N–H and O–H groups in total. The predicted octanol–water partition coefficient (Wildman–Crippen LogP) is 3.96. The minimum Gasteiger partial charge on any atom is -0.497 e. The van der Waals surface area contributed by atoms with Crippen molar-refractivity contribution in [2.45, 2.75) is 70.1 Å². The van der Waals surface area contributed by atoms with Crippen LogP contribution in [0, 0.1) is 5.41 Å². The van der Waals surface area contributed by atoms with Gasteiger partial charge in [-0.25, -0.2) is 18.0 Å². The van der Waals surface area contributed by atoms with Crippen LogP contribution in [0.2, 0.25) is 0 Å². The molecule has 2 atom stereocenters. The number of carbonyl (C=O) groups is 2. The van der Waals surface area contributed by atoms with E-state index in [1.807, 2.05) is 44.2 Å². The Morgan fingerprint density at radius 3 is 2.14 bits per heavy atom. The highest BCUT2D eigenvalue weighted by Gasteiger charge is 2.35. The summed E-state index contributed by atoms with van der Waals surface area (Å²) in [5.41, 5.74) is -0.577. The molecule has 0 saturated heterocycles. The molecule has 0 spiro atoms. The lowest BCUT2D eigenvalue weighted by molar-refractivity contribution is 0.0388. The van der Waals surface area contributed by atoms with E-state index < -0.39 is 45.4 Å². The molecule has 0 heterocycles. The normalized spacial score (nSPS) is 13.6. The molecule has 0 radical (unpaired) electrons. The molecule has 2 amide bonds. The van der Waals surface area contributed by atoms with E-state index in [-0.39, 0.29) is 31.0 Å². The Kier molecular flexibility index (Phi) is 12.6. The van der Waals surface area contributed by atoms with E-state index in [4.69, 9.17) is 14.2 Å². The highest BCUT2D eigenvalue weighted by atomic mass is 32.2. The maximum absolute atomic E-state index is 13.9. The Labute approximate surface area is 249 Å². The third-order valence-corrected chi connectivity index (χ3v) is 8.20. The lowest BCUT2D eigenvalue weighted by Crippen LogP contribution is -2.52. The van der Waals surface area contributed by atoms with Gasteiger partial charge in [-0.3, -0.25) is 0 Å². The third kappa shape index (κ3) is 11.5. The number of nitrogens with one attached hydrogen (secondary N) is 2. The van der Waals surface area contributed by atoms with Gasteiger partial charge in [0.2, 0.25) is 10.0 Å². The van der Waals surface area contributed by atoms with Gasteiger partial charge in [0.05, 0.1) is 30.8 Å². The topological polar surface area (TPSA) is 144 Å². The van der Waals surface area contributed by atoms with Crippen molar-refractivity contribution in [2.75, 3.05) is 33.9 Å². The van der Waals surface area contributed by atoms with Crippen LogP contribution in [0.5, 0.6) is 5.75 Å². The zero-order valence-electron chi connectivity index (χ0n) is 25.5. The van der Waals surface area contributed by atoms with Crippen LogP contribution in [0.1, 0.15) is 46.6 Å². The monoisotopic (exact) mass is 607 g/mol. The van der Waals surface area contributed by atoms with Crippen molar-refractivity contribution in [3.05, 3.63) is 60.2 Å². The molecule has 0 saturated carbocycles. The number of aliphatic hydroxyl groups excluding tert-OH is 1. The molecule has 42 heavy (non-hydrogen) atoms. The molecule has 0 aliphatic rings. The van der Waals surface area contributed by atoms with Crippen molar-refractivity contribution >= 4 is 22.2 Å². The Morgan fingerprint density at radius 1 is 0.976 bits per heavy atom. The molecule has 2 aromatic rings. The van der Waals surface area contributed by atoms with E-state index in [1.165, 1.54) is 30.6 Å². The number of benzene rings is 2. The lowest BCUT2D eigenvalue weighted by Gasteiger charge is -2.35. The number of ether oxygens (including phenoxy) is 3. The van der Waals surface area contributed by atoms with E-state index in [1.54, 1.807) is 32.9 Å². The number of sulfonamides is 1. The summed E-state index contributed by atoms with van der Waals surface area (Å²) in [5, 5.41) is 16.6. The molecular formula is C30H45N3O8S. The summed E-state index contributed by atoms with van der Waals surface area (Å²) in [6, 6.07) is 14.4. The van der Waals surface area contributed by atoms with Gasteiger partial charge in [0.1, 0.15) is 11.4 Å². The average molecular weight is 608 g/mol. The number of nitrogens with zero attached hydrogens (tertiary/aromatic N) is 1. The van der Waals surface area contributed by atoms with E-state index in [0.29, 0.717) is 12.2 Å². The van der Waals surface area contributed by atoms with Crippen LogP contribution < -0.4 is 15.4 Å². The molecule has 1 unspecified atom stereocenters. The second-order valence-corrected chi connectivity index (χ2v) is 13.7. The maximum Gasteiger partial charge on any atom is 0.407 e. The van der Waals surface area contributed by atoms with Crippen LogP contribution in [0.15, 0.2) is 59.5 Å². The zero-order chi connectivity index (χ0) is 31.6. The standard InChI is InChI=1S/C30H45N3O8S/c1-29(2,3)41-28(36)32-25(19-22-11-9-8-10-12-22)26(34)20-33(21-30(4,5)17-18-40-27(35)31-6)42(37,38)24-15-13-23(39-7)14-16-24/h8-16,25-26,34H,17-21H2,1-7H3,(H,31,35)(H,32,36)/t25-,26?/m0/s1. The first-order valence-corrected chi connectivity index (χ1v) is 15.2. The second kappa shape index (κ2) is 15.2. The summed E-state index contributed by atoms with van der Waals surface area (Å²) >= 11 is 0. The fourth-order valence-corrected chi connectivity index (χ4v) is 5.79. The largest absolute Gasteiger partial charge is 0.497 e. The summed E-state index contributed by atoms with van der Waals surface area (Å²) in [5.74, 6) is 0.497. The Hall–Kier alpha value is -3.35. The summed E-state index contributed by atoms with van der Waals surface area (Å²) in [6.45, 7) is 8.65. The summed E-state index contributed by atoms with van der Waals surface area (Å²) in [7, 11) is -1.17. The lowest BCUT2D eigenvalue weighted by atomic mass is 9.89. The Bertz CT molecular complexity index is 1250. The fraction of sp³-hybridized carbons (Fsp3) is 0.533. The van der Waals surface area contributed by atoms with E-state index >= 15 is 0 Å². The number of aliphatic hydroxyl groups is 1. The van der Waals surface area contributed by atoms with Gasteiger partial charge >= 0.3 is 12.2 Å². The van der Waals surface area contributed by atoms with Gasteiger partial charge in [-0.2, -0.15) is 4.31 Å². The van der Waals surface area contributed by atoms with Crippen LogP contribution in [0.3, 0.4) is 0 Å². The van der Waals surface area contributed by atoms with Crippen LogP contribution >= 0.6 is 0 Å². The number of methoxy groups -OCH3 is 1. The van der Waals surface area contributed by atoms with Gasteiger partial charge in [0.25, 0.3) is 0 Å². The molecule has 12 heteroatoms. The molecule has 0 fully saturated rings. The number of amides is 2. The fourth-order valence-electron chi connectivity index (χ4n) is 4.14. The smallest absolute Gasteiger partial charge is 0.407 e. The molecule has 0 aliphatic carbocycles. The van der Waals surface area contributed by atoms with Crippen molar-refractivity contribution in [3.63, 3.8) is 0 Å². The van der Waals surface area contributed by atoms with Gasteiger partial charge in [0, 0.05) is 20.1 Å². The molecular weight excluding hydrogens is 562 g/mol. The first-order chi connectivity index (χ1) is 19.6. The minimum absolute atomic E-state index is 0.0000209. The number of carbonyl (C=O) groups excluding carboxylic acids is 2. The van der Waals surface area contributed by atoms with Gasteiger partial charge in [-0.05, 0) is 68.9 Å². The van der Waals surface area contributed by atoms with E-state index in [0.717, 1.165) is 5.56 Å².